The molecule has 1 unspecified atom stereocenters. The molecule has 4 nitrogen and oxygen atoms in total. The Bertz CT molecular complexity index is 501. The first-order chi connectivity index (χ1) is 8.95. The lowest BCUT2D eigenvalue weighted by Gasteiger charge is -2.16. The first-order valence-electron chi connectivity index (χ1n) is 5.99. The highest BCUT2D eigenvalue weighted by atomic mass is 35.5. The summed E-state index contributed by atoms with van der Waals surface area (Å²) in [5, 5.41) is 0.191. The molecule has 102 valence electrons. The Morgan fingerprint density at radius 1 is 1.42 bits per heavy atom. The number of carbonyl (C=O) groups is 2. The van der Waals surface area contributed by atoms with Crippen molar-refractivity contribution in [3.63, 3.8) is 0 Å². The fourth-order valence-corrected chi connectivity index (χ4v) is 2.55. The van der Waals surface area contributed by atoms with Gasteiger partial charge < -0.3 is 10.6 Å². The molecule has 1 heterocycles. The smallest absolute Gasteiger partial charge is 0.254 e. The number of nitrogens with zero attached hydrogens (tertiary/aromatic N) is 1. The van der Waals surface area contributed by atoms with Crippen molar-refractivity contribution in [1.82, 2.24) is 4.90 Å². The van der Waals surface area contributed by atoms with Crippen LogP contribution in [0.5, 0.6) is 0 Å². The summed E-state index contributed by atoms with van der Waals surface area (Å²) in [6.07, 6.45) is 1.01. The van der Waals surface area contributed by atoms with Crippen molar-refractivity contribution in [3.05, 3.63) is 34.6 Å². The first kappa shape index (κ1) is 13.8. The molecule has 6 heteroatoms. The zero-order valence-corrected chi connectivity index (χ0v) is 11.0. The maximum absolute atomic E-state index is 13.2. The summed E-state index contributed by atoms with van der Waals surface area (Å²) in [6, 6.07) is 3.75. The van der Waals surface area contributed by atoms with E-state index in [9.17, 15) is 14.0 Å². The Morgan fingerprint density at radius 2 is 2.16 bits per heavy atom. The number of amides is 2. The molecule has 0 spiro atoms. The summed E-state index contributed by atoms with van der Waals surface area (Å²) < 4.78 is 13.2. The average molecular weight is 285 g/mol. The topological polar surface area (TPSA) is 63.4 Å². The van der Waals surface area contributed by atoms with E-state index in [1.165, 1.54) is 6.07 Å². The third kappa shape index (κ3) is 3.44. The van der Waals surface area contributed by atoms with Gasteiger partial charge in [0.1, 0.15) is 5.82 Å². The molecule has 0 saturated carbocycles. The number of rotatable bonds is 3. The third-order valence-electron chi connectivity index (χ3n) is 3.17. The highest BCUT2D eigenvalue weighted by Crippen LogP contribution is 2.22. The molecule has 1 aromatic carbocycles. The van der Waals surface area contributed by atoms with E-state index in [1.807, 2.05) is 0 Å². The van der Waals surface area contributed by atoms with Gasteiger partial charge in [0.2, 0.25) is 5.91 Å². The van der Waals surface area contributed by atoms with Gasteiger partial charge in [-0.3, -0.25) is 9.59 Å². The fraction of sp³-hybridized carbons (Fsp3) is 0.385. The van der Waals surface area contributed by atoms with E-state index >= 15 is 0 Å². The van der Waals surface area contributed by atoms with Gasteiger partial charge in [-0.2, -0.15) is 0 Å². The zero-order chi connectivity index (χ0) is 14.0. The second kappa shape index (κ2) is 5.57. The van der Waals surface area contributed by atoms with Gasteiger partial charge in [0.05, 0.1) is 0 Å². The predicted molar refractivity (Wildman–Crippen MR) is 69.2 cm³/mol. The molecule has 0 bridgehead atoms. The number of benzene rings is 1. The molecule has 19 heavy (non-hydrogen) atoms. The molecular weight excluding hydrogens is 271 g/mol. The van der Waals surface area contributed by atoms with E-state index in [2.05, 4.69) is 0 Å². The Labute approximate surface area is 115 Å². The van der Waals surface area contributed by atoms with E-state index in [0.29, 0.717) is 13.1 Å². The Balaban J connectivity index is 2.06. The first-order valence-corrected chi connectivity index (χ1v) is 6.37. The van der Waals surface area contributed by atoms with E-state index in [0.717, 1.165) is 18.6 Å². The van der Waals surface area contributed by atoms with Crippen LogP contribution in [0.2, 0.25) is 5.02 Å². The van der Waals surface area contributed by atoms with E-state index in [4.69, 9.17) is 17.3 Å². The van der Waals surface area contributed by atoms with Crippen molar-refractivity contribution in [3.8, 4) is 0 Å². The van der Waals surface area contributed by atoms with Gasteiger partial charge in [-0.05, 0) is 30.5 Å². The number of nitrogens with two attached hydrogens (primary N) is 1. The van der Waals surface area contributed by atoms with Crippen LogP contribution in [0.25, 0.3) is 0 Å². The van der Waals surface area contributed by atoms with Crippen molar-refractivity contribution < 1.29 is 14.0 Å². The predicted octanol–water partition coefficient (Wildman–Crippen LogP) is 1.82. The van der Waals surface area contributed by atoms with E-state index in [1.54, 1.807) is 4.90 Å². The van der Waals surface area contributed by atoms with Crippen LogP contribution in [0.3, 0.4) is 0 Å². The van der Waals surface area contributed by atoms with E-state index < -0.39 is 5.82 Å². The van der Waals surface area contributed by atoms with Crippen LogP contribution in [0.4, 0.5) is 4.39 Å². The number of halogens is 2. The van der Waals surface area contributed by atoms with Crippen LogP contribution >= 0.6 is 11.6 Å². The van der Waals surface area contributed by atoms with Gasteiger partial charge in [-0.15, -0.1) is 0 Å². The molecule has 1 saturated heterocycles. The number of hydrogen-bond acceptors (Lipinski definition) is 2. The second-order valence-corrected chi connectivity index (χ2v) is 5.17. The molecule has 0 aliphatic carbocycles. The lowest BCUT2D eigenvalue weighted by molar-refractivity contribution is -0.118. The van der Waals surface area contributed by atoms with Crippen molar-refractivity contribution in [1.29, 1.82) is 0 Å². The third-order valence-corrected chi connectivity index (χ3v) is 3.39. The molecule has 1 fully saturated rings. The number of primary amides is 1. The zero-order valence-electron chi connectivity index (χ0n) is 10.2. The lowest BCUT2D eigenvalue weighted by atomic mass is 10.1. The molecule has 1 aliphatic heterocycles. The van der Waals surface area contributed by atoms with Gasteiger partial charge in [-0.1, -0.05) is 11.6 Å². The van der Waals surface area contributed by atoms with Crippen molar-refractivity contribution >= 4 is 23.4 Å². The van der Waals surface area contributed by atoms with Crippen LogP contribution in [-0.4, -0.2) is 29.8 Å². The molecule has 0 aromatic heterocycles. The minimum atomic E-state index is -0.538. The van der Waals surface area contributed by atoms with Crippen molar-refractivity contribution in [2.75, 3.05) is 13.1 Å². The monoisotopic (exact) mass is 284 g/mol. The second-order valence-electron chi connectivity index (χ2n) is 4.73. The normalized spacial score (nSPS) is 18.6. The molecule has 2 N–H and O–H groups in total. The molecule has 1 aromatic rings. The Morgan fingerprint density at radius 3 is 2.79 bits per heavy atom. The van der Waals surface area contributed by atoms with Crippen LogP contribution in [0.1, 0.15) is 23.2 Å². The molecule has 1 atom stereocenters. The quantitative estimate of drug-likeness (QED) is 0.920. The Hall–Kier alpha value is -1.62. The van der Waals surface area contributed by atoms with Crippen molar-refractivity contribution in [2.45, 2.75) is 12.8 Å². The highest BCUT2D eigenvalue weighted by molar-refractivity contribution is 6.31. The summed E-state index contributed by atoms with van der Waals surface area (Å²) in [5.41, 5.74) is 5.36. The van der Waals surface area contributed by atoms with Crippen LogP contribution < -0.4 is 5.73 Å². The maximum Gasteiger partial charge on any atom is 0.254 e. The summed E-state index contributed by atoms with van der Waals surface area (Å²) in [7, 11) is 0. The summed E-state index contributed by atoms with van der Waals surface area (Å²) in [4.78, 5) is 24.6. The van der Waals surface area contributed by atoms with Gasteiger partial charge in [0.15, 0.2) is 0 Å². The average Bonchev–Trinajstić information content (AvgIpc) is 2.74. The summed E-state index contributed by atoms with van der Waals surface area (Å²) in [5.74, 6) is -1.09. The lowest BCUT2D eigenvalue weighted by Crippen LogP contribution is -2.29. The van der Waals surface area contributed by atoms with Gasteiger partial charge in [-0.25, -0.2) is 4.39 Å². The van der Waals surface area contributed by atoms with Gasteiger partial charge >= 0.3 is 0 Å². The number of likely N-dealkylation sites (tertiary alicyclic amines) is 1. The van der Waals surface area contributed by atoms with Crippen molar-refractivity contribution in [2.24, 2.45) is 11.7 Å². The SMILES string of the molecule is NC(=O)CC1CCN(C(=O)c2cc(F)cc(Cl)c2)C1. The maximum atomic E-state index is 13.2. The largest absolute Gasteiger partial charge is 0.370 e. The van der Waals surface area contributed by atoms with Crippen LogP contribution in [0.15, 0.2) is 18.2 Å². The van der Waals surface area contributed by atoms with Crippen LogP contribution in [-0.2, 0) is 4.79 Å². The Kier molecular flexibility index (Phi) is 4.04. The minimum Gasteiger partial charge on any atom is -0.370 e. The highest BCUT2D eigenvalue weighted by Gasteiger charge is 2.28. The summed E-state index contributed by atoms with van der Waals surface area (Å²) in [6.45, 7) is 1.01. The van der Waals surface area contributed by atoms with E-state index in [-0.39, 0.29) is 34.7 Å². The fourth-order valence-electron chi connectivity index (χ4n) is 2.33. The standard InChI is InChI=1S/C13H14ClFN2O2/c14-10-4-9(5-11(15)6-10)13(19)17-2-1-8(7-17)3-12(16)18/h4-6,8H,1-3,7H2,(H2,16,18). The molecule has 2 amide bonds. The molecule has 1 aliphatic rings. The number of carbonyl (C=O) groups excluding carboxylic acids is 2. The van der Waals surface area contributed by atoms with Crippen LogP contribution in [0, 0.1) is 11.7 Å². The molecular formula is C13H14ClFN2O2. The summed E-state index contributed by atoms with van der Waals surface area (Å²) >= 11 is 5.73. The van der Waals surface area contributed by atoms with Gasteiger partial charge in [0, 0.05) is 30.1 Å². The minimum absolute atomic E-state index is 0.0884. The molecule has 0 radical (unpaired) electrons. The molecule has 2 rings (SSSR count). The van der Waals surface area contributed by atoms with Gasteiger partial charge in [0.25, 0.3) is 5.91 Å². The number of hydrogen-bond donors (Lipinski definition) is 1.